The molecule has 0 spiro atoms. The van der Waals surface area contributed by atoms with E-state index in [-0.39, 0.29) is 6.10 Å². The highest BCUT2D eigenvalue weighted by molar-refractivity contribution is 9.10. The Morgan fingerprint density at radius 1 is 1.28 bits per heavy atom. The van der Waals surface area contributed by atoms with Gasteiger partial charge >= 0.3 is 0 Å². The van der Waals surface area contributed by atoms with Crippen molar-refractivity contribution in [2.45, 2.75) is 45.3 Å². The molecule has 1 saturated carbocycles. The summed E-state index contributed by atoms with van der Waals surface area (Å²) >= 11 is 3.52. The smallest absolute Gasteiger partial charge is 0.0540 e. The minimum Gasteiger partial charge on any atom is -0.393 e. The molecule has 0 unspecified atom stereocenters. The normalized spacial score (nSPS) is 24.2. The molecule has 2 N–H and O–H groups in total. The number of halogens is 1. The predicted molar refractivity (Wildman–Crippen MR) is 78.6 cm³/mol. The SMILES string of the molecule is Cc1ccc(Br)cc1CNCC1CCC(O)CC1. The molecule has 0 radical (unpaired) electrons. The number of benzene rings is 1. The summed E-state index contributed by atoms with van der Waals surface area (Å²) in [5.74, 6) is 0.737. The van der Waals surface area contributed by atoms with Crippen molar-refractivity contribution in [1.82, 2.24) is 5.32 Å². The van der Waals surface area contributed by atoms with Crippen LogP contribution in [-0.4, -0.2) is 17.8 Å². The Morgan fingerprint density at radius 2 is 2.00 bits per heavy atom. The maximum atomic E-state index is 9.47. The van der Waals surface area contributed by atoms with E-state index >= 15 is 0 Å². The van der Waals surface area contributed by atoms with Gasteiger partial charge in [0.2, 0.25) is 0 Å². The van der Waals surface area contributed by atoms with Gasteiger partial charge < -0.3 is 10.4 Å². The van der Waals surface area contributed by atoms with E-state index in [1.165, 1.54) is 11.1 Å². The van der Waals surface area contributed by atoms with Crippen molar-refractivity contribution >= 4 is 15.9 Å². The zero-order chi connectivity index (χ0) is 13.0. The van der Waals surface area contributed by atoms with E-state index in [9.17, 15) is 5.11 Å². The molecule has 2 rings (SSSR count). The number of hydrogen-bond acceptors (Lipinski definition) is 2. The Bertz CT molecular complexity index is 386. The molecule has 1 fully saturated rings. The second-order valence-electron chi connectivity index (χ2n) is 5.38. The number of aliphatic hydroxyl groups excluding tert-OH is 1. The number of hydrogen-bond donors (Lipinski definition) is 2. The van der Waals surface area contributed by atoms with Crippen LogP contribution in [0.3, 0.4) is 0 Å². The summed E-state index contributed by atoms with van der Waals surface area (Å²) in [6, 6.07) is 6.42. The minimum absolute atomic E-state index is 0.0476. The lowest BCUT2D eigenvalue weighted by molar-refractivity contribution is 0.108. The molecule has 0 aliphatic heterocycles. The van der Waals surface area contributed by atoms with Crippen LogP contribution < -0.4 is 5.32 Å². The van der Waals surface area contributed by atoms with Crippen LogP contribution in [0.2, 0.25) is 0 Å². The van der Waals surface area contributed by atoms with Gasteiger partial charge in [-0.05, 0) is 68.3 Å². The van der Waals surface area contributed by atoms with Crippen LogP contribution in [0.5, 0.6) is 0 Å². The predicted octanol–water partition coefficient (Wildman–Crippen LogP) is 3.40. The molecular weight excluding hydrogens is 290 g/mol. The molecule has 2 nitrogen and oxygen atoms in total. The van der Waals surface area contributed by atoms with E-state index in [1.54, 1.807) is 0 Å². The lowest BCUT2D eigenvalue weighted by Gasteiger charge is -2.25. The maximum Gasteiger partial charge on any atom is 0.0540 e. The molecular formula is C15H22BrNO. The van der Waals surface area contributed by atoms with Crippen molar-refractivity contribution in [1.29, 1.82) is 0 Å². The summed E-state index contributed by atoms with van der Waals surface area (Å²) in [5.41, 5.74) is 2.70. The molecule has 100 valence electrons. The number of rotatable bonds is 4. The van der Waals surface area contributed by atoms with E-state index in [0.717, 1.165) is 49.2 Å². The number of aryl methyl sites for hydroxylation is 1. The molecule has 0 aromatic heterocycles. The summed E-state index contributed by atoms with van der Waals surface area (Å²) in [5, 5.41) is 13.0. The monoisotopic (exact) mass is 311 g/mol. The second-order valence-corrected chi connectivity index (χ2v) is 6.29. The Morgan fingerprint density at radius 3 is 2.72 bits per heavy atom. The van der Waals surface area contributed by atoms with Crippen LogP contribution in [0.1, 0.15) is 36.8 Å². The van der Waals surface area contributed by atoms with Crippen LogP contribution in [0, 0.1) is 12.8 Å². The van der Waals surface area contributed by atoms with Crippen molar-refractivity contribution in [2.75, 3.05) is 6.54 Å². The molecule has 0 atom stereocenters. The van der Waals surface area contributed by atoms with Crippen LogP contribution >= 0.6 is 15.9 Å². The summed E-state index contributed by atoms with van der Waals surface area (Å²) in [6.07, 6.45) is 4.22. The molecule has 1 aromatic rings. The van der Waals surface area contributed by atoms with Gasteiger partial charge in [0.1, 0.15) is 0 Å². The van der Waals surface area contributed by atoms with E-state index < -0.39 is 0 Å². The van der Waals surface area contributed by atoms with Crippen LogP contribution in [0.25, 0.3) is 0 Å². The first-order valence-corrected chi connectivity index (χ1v) is 7.58. The highest BCUT2D eigenvalue weighted by Crippen LogP contribution is 2.23. The van der Waals surface area contributed by atoms with E-state index in [4.69, 9.17) is 0 Å². The Hall–Kier alpha value is -0.380. The zero-order valence-corrected chi connectivity index (χ0v) is 12.5. The summed E-state index contributed by atoms with van der Waals surface area (Å²) in [7, 11) is 0. The fourth-order valence-corrected chi connectivity index (χ4v) is 3.00. The van der Waals surface area contributed by atoms with Gasteiger partial charge in [0.05, 0.1) is 6.10 Å². The van der Waals surface area contributed by atoms with Gasteiger partial charge in [0.25, 0.3) is 0 Å². The first-order chi connectivity index (χ1) is 8.65. The van der Waals surface area contributed by atoms with Crippen molar-refractivity contribution in [3.63, 3.8) is 0 Å². The van der Waals surface area contributed by atoms with E-state index in [1.807, 2.05) is 0 Å². The lowest BCUT2D eigenvalue weighted by atomic mass is 9.87. The molecule has 0 amide bonds. The number of nitrogens with one attached hydrogen (secondary N) is 1. The van der Waals surface area contributed by atoms with Gasteiger partial charge in [-0.3, -0.25) is 0 Å². The van der Waals surface area contributed by atoms with Gasteiger partial charge in [-0.1, -0.05) is 22.0 Å². The third-order valence-corrected chi connectivity index (χ3v) is 4.37. The fraction of sp³-hybridized carbons (Fsp3) is 0.600. The van der Waals surface area contributed by atoms with E-state index in [2.05, 4.69) is 46.4 Å². The van der Waals surface area contributed by atoms with Crippen LogP contribution in [-0.2, 0) is 6.54 Å². The molecule has 3 heteroatoms. The topological polar surface area (TPSA) is 32.3 Å². The van der Waals surface area contributed by atoms with E-state index in [0.29, 0.717) is 0 Å². The van der Waals surface area contributed by atoms with Gasteiger partial charge in [-0.25, -0.2) is 0 Å². The third-order valence-electron chi connectivity index (χ3n) is 3.88. The minimum atomic E-state index is -0.0476. The summed E-state index contributed by atoms with van der Waals surface area (Å²) < 4.78 is 1.14. The molecule has 0 heterocycles. The van der Waals surface area contributed by atoms with Gasteiger partial charge in [-0.15, -0.1) is 0 Å². The van der Waals surface area contributed by atoms with Crippen molar-refractivity contribution < 1.29 is 5.11 Å². The Kier molecular flexibility index (Phi) is 5.22. The Balaban J connectivity index is 1.76. The highest BCUT2D eigenvalue weighted by Gasteiger charge is 2.18. The summed E-state index contributed by atoms with van der Waals surface area (Å²) in [4.78, 5) is 0. The largest absolute Gasteiger partial charge is 0.393 e. The van der Waals surface area contributed by atoms with Crippen molar-refractivity contribution in [3.05, 3.63) is 33.8 Å². The van der Waals surface area contributed by atoms with Gasteiger partial charge in [-0.2, -0.15) is 0 Å². The first kappa shape index (κ1) is 14.0. The van der Waals surface area contributed by atoms with Crippen molar-refractivity contribution in [2.24, 2.45) is 5.92 Å². The average molecular weight is 312 g/mol. The molecule has 1 aliphatic carbocycles. The van der Waals surface area contributed by atoms with Crippen LogP contribution in [0.15, 0.2) is 22.7 Å². The van der Waals surface area contributed by atoms with Gasteiger partial charge in [0.15, 0.2) is 0 Å². The second kappa shape index (κ2) is 6.69. The average Bonchev–Trinajstić information content (AvgIpc) is 2.36. The number of aliphatic hydroxyl groups is 1. The lowest BCUT2D eigenvalue weighted by Crippen LogP contribution is -2.27. The molecule has 18 heavy (non-hydrogen) atoms. The standard InChI is InChI=1S/C15H22BrNO/c1-11-2-5-14(16)8-13(11)10-17-9-12-3-6-15(18)7-4-12/h2,5,8,12,15,17-18H,3-4,6-7,9-10H2,1H3. The quantitative estimate of drug-likeness (QED) is 0.893. The molecule has 1 aromatic carbocycles. The highest BCUT2D eigenvalue weighted by atomic mass is 79.9. The Labute approximate surface area is 118 Å². The third kappa shape index (κ3) is 4.08. The molecule has 1 aliphatic rings. The summed E-state index contributed by atoms with van der Waals surface area (Å²) in [6.45, 7) is 4.16. The van der Waals surface area contributed by atoms with Gasteiger partial charge in [0, 0.05) is 11.0 Å². The van der Waals surface area contributed by atoms with Crippen molar-refractivity contribution in [3.8, 4) is 0 Å². The molecule has 0 bridgehead atoms. The first-order valence-electron chi connectivity index (χ1n) is 6.79. The molecule has 0 saturated heterocycles. The zero-order valence-electron chi connectivity index (χ0n) is 11.0. The van der Waals surface area contributed by atoms with Crippen LogP contribution in [0.4, 0.5) is 0 Å². The maximum absolute atomic E-state index is 9.47. The fourth-order valence-electron chi connectivity index (χ4n) is 2.59.